The molecule has 4 rings (SSSR count). The number of fused-ring (bicyclic) bond motifs is 1. The molecule has 2 atom stereocenters. The van der Waals surface area contributed by atoms with Crippen LogP contribution in [0.5, 0.6) is 11.5 Å². The van der Waals surface area contributed by atoms with Crippen LogP contribution >= 0.6 is 0 Å². The van der Waals surface area contributed by atoms with Crippen LogP contribution in [0.4, 0.5) is 10.1 Å². The average Bonchev–Trinajstić information content (AvgIpc) is 3.35. The summed E-state index contributed by atoms with van der Waals surface area (Å²) in [5.74, 6) is -0.668. The third-order valence-electron chi connectivity index (χ3n) is 5.64. The fourth-order valence-corrected chi connectivity index (χ4v) is 3.82. The fraction of sp³-hybridized carbons (Fsp3) is 0.375. The molecule has 8 nitrogen and oxygen atoms in total. The van der Waals surface area contributed by atoms with Gasteiger partial charge in [0.25, 0.3) is 5.91 Å². The maximum Gasteiger partial charge on any atom is 0.265 e. The molecular weight excluding hydrogens is 431 g/mol. The van der Waals surface area contributed by atoms with Crippen molar-refractivity contribution in [2.45, 2.75) is 31.9 Å². The zero-order valence-electron chi connectivity index (χ0n) is 18.2. The summed E-state index contributed by atoms with van der Waals surface area (Å²) in [5.41, 5.74) is 0.643. The second kappa shape index (κ2) is 9.99. The minimum Gasteiger partial charge on any atom is -0.485 e. The number of Topliss-reactive ketones (excluding diaryl/α,β-unsaturated/α-hetero) is 1. The van der Waals surface area contributed by atoms with Gasteiger partial charge in [-0.15, -0.1) is 0 Å². The number of hydrogen-bond acceptors (Lipinski definition) is 6. The molecule has 2 aliphatic heterocycles. The van der Waals surface area contributed by atoms with Crippen LogP contribution in [0.1, 0.15) is 30.1 Å². The highest BCUT2D eigenvalue weighted by molar-refractivity contribution is 6.05. The van der Waals surface area contributed by atoms with E-state index >= 15 is 0 Å². The Kier molecular flexibility index (Phi) is 6.88. The van der Waals surface area contributed by atoms with E-state index < -0.39 is 11.9 Å². The number of benzene rings is 2. The Morgan fingerprint density at radius 2 is 2.03 bits per heavy atom. The van der Waals surface area contributed by atoms with E-state index in [1.807, 2.05) is 0 Å². The molecule has 0 radical (unpaired) electrons. The highest BCUT2D eigenvalue weighted by Crippen LogP contribution is 2.34. The first-order valence-corrected chi connectivity index (χ1v) is 10.8. The highest BCUT2D eigenvalue weighted by atomic mass is 19.1. The SMILES string of the molecule is C[C@@H](C(=O)NC[C@@H]1CCCO1)N1C(=O)COc2ccc(C(=O)COc3ccc(F)cc3)cc21. The lowest BCUT2D eigenvalue weighted by atomic mass is 10.1. The Morgan fingerprint density at radius 3 is 2.76 bits per heavy atom. The Labute approximate surface area is 190 Å². The van der Waals surface area contributed by atoms with Gasteiger partial charge in [-0.2, -0.15) is 0 Å². The van der Waals surface area contributed by atoms with Gasteiger partial charge in [-0.1, -0.05) is 0 Å². The molecule has 2 aliphatic rings. The smallest absolute Gasteiger partial charge is 0.265 e. The van der Waals surface area contributed by atoms with Crippen LogP contribution in [0.2, 0.25) is 0 Å². The van der Waals surface area contributed by atoms with Crippen LogP contribution < -0.4 is 19.7 Å². The minimum atomic E-state index is -0.803. The molecule has 2 aromatic carbocycles. The number of ether oxygens (including phenoxy) is 3. The van der Waals surface area contributed by atoms with E-state index in [9.17, 15) is 18.8 Å². The van der Waals surface area contributed by atoms with Crippen molar-refractivity contribution in [3.63, 3.8) is 0 Å². The molecule has 2 aromatic rings. The molecule has 1 fully saturated rings. The van der Waals surface area contributed by atoms with Gasteiger partial charge in [0.15, 0.2) is 19.0 Å². The molecule has 174 valence electrons. The molecule has 2 heterocycles. The number of hydrogen-bond donors (Lipinski definition) is 1. The normalized spacial score (nSPS) is 18.3. The number of nitrogens with zero attached hydrogens (tertiary/aromatic N) is 1. The van der Waals surface area contributed by atoms with E-state index in [0.29, 0.717) is 35.9 Å². The van der Waals surface area contributed by atoms with Gasteiger partial charge in [0, 0.05) is 18.7 Å². The summed E-state index contributed by atoms with van der Waals surface area (Å²) >= 11 is 0. The van der Waals surface area contributed by atoms with E-state index in [2.05, 4.69) is 5.32 Å². The summed E-state index contributed by atoms with van der Waals surface area (Å²) in [5, 5.41) is 2.84. The Balaban J connectivity index is 1.46. The zero-order chi connectivity index (χ0) is 23.4. The maximum absolute atomic E-state index is 13.0. The first kappa shape index (κ1) is 22.7. The van der Waals surface area contributed by atoms with Crippen LogP contribution in [0.25, 0.3) is 0 Å². The van der Waals surface area contributed by atoms with Crippen LogP contribution in [0.3, 0.4) is 0 Å². The molecule has 9 heteroatoms. The van der Waals surface area contributed by atoms with E-state index in [-0.39, 0.29) is 36.9 Å². The molecule has 1 N–H and O–H groups in total. The lowest BCUT2D eigenvalue weighted by molar-refractivity contribution is -0.127. The summed E-state index contributed by atoms with van der Waals surface area (Å²) in [7, 11) is 0. The summed E-state index contributed by atoms with van der Waals surface area (Å²) < 4.78 is 29.5. The quantitative estimate of drug-likeness (QED) is 0.614. The first-order chi connectivity index (χ1) is 15.9. The van der Waals surface area contributed by atoms with Crippen molar-refractivity contribution in [2.24, 2.45) is 0 Å². The maximum atomic E-state index is 13.0. The van der Waals surface area contributed by atoms with Crippen molar-refractivity contribution in [1.29, 1.82) is 0 Å². The van der Waals surface area contributed by atoms with Crippen molar-refractivity contribution in [2.75, 3.05) is 31.3 Å². The van der Waals surface area contributed by atoms with Gasteiger partial charge in [-0.3, -0.25) is 19.3 Å². The number of rotatable bonds is 8. The molecule has 2 amide bonds. The van der Waals surface area contributed by atoms with Gasteiger partial charge >= 0.3 is 0 Å². The second-order valence-electron chi connectivity index (χ2n) is 7.96. The predicted molar refractivity (Wildman–Crippen MR) is 117 cm³/mol. The molecule has 33 heavy (non-hydrogen) atoms. The summed E-state index contributed by atoms with van der Waals surface area (Å²) in [6.45, 7) is 2.23. The molecule has 0 saturated carbocycles. The Bertz CT molecular complexity index is 1040. The van der Waals surface area contributed by atoms with Crippen molar-refractivity contribution in [3.05, 3.63) is 53.8 Å². The van der Waals surface area contributed by atoms with Crippen LogP contribution in [-0.2, 0) is 14.3 Å². The Morgan fingerprint density at radius 1 is 1.24 bits per heavy atom. The predicted octanol–water partition coefficient (Wildman–Crippen LogP) is 2.50. The molecule has 0 spiro atoms. The van der Waals surface area contributed by atoms with Crippen LogP contribution in [-0.4, -0.2) is 56.1 Å². The first-order valence-electron chi connectivity index (χ1n) is 10.8. The highest BCUT2D eigenvalue weighted by Gasteiger charge is 2.34. The lowest BCUT2D eigenvalue weighted by Crippen LogP contribution is -2.52. The van der Waals surface area contributed by atoms with Gasteiger partial charge in [0.05, 0.1) is 11.8 Å². The van der Waals surface area contributed by atoms with Gasteiger partial charge in [0.2, 0.25) is 5.91 Å². The largest absolute Gasteiger partial charge is 0.485 e. The number of halogens is 1. The number of nitrogens with one attached hydrogen (secondary N) is 1. The molecule has 0 unspecified atom stereocenters. The summed E-state index contributed by atoms with van der Waals surface area (Å²) in [6.07, 6.45) is 1.84. The van der Waals surface area contributed by atoms with Crippen molar-refractivity contribution >= 4 is 23.3 Å². The van der Waals surface area contributed by atoms with Crippen molar-refractivity contribution < 1.29 is 33.0 Å². The Hall–Kier alpha value is -3.46. The fourth-order valence-electron chi connectivity index (χ4n) is 3.82. The molecule has 1 saturated heterocycles. The van der Waals surface area contributed by atoms with Crippen LogP contribution in [0.15, 0.2) is 42.5 Å². The van der Waals surface area contributed by atoms with Gasteiger partial charge in [-0.05, 0) is 62.2 Å². The third kappa shape index (κ3) is 5.31. The summed E-state index contributed by atoms with van der Waals surface area (Å²) in [6, 6.07) is 9.23. The monoisotopic (exact) mass is 456 g/mol. The van der Waals surface area contributed by atoms with E-state index in [0.717, 1.165) is 12.8 Å². The average molecular weight is 456 g/mol. The molecule has 0 aromatic heterocycles. The van der Waals surface area contributed by atoms with Crippen LogP contribution in [0, 0.1) is 5.82 Å². The zero-order valence-corrected chi connectivity index (χ0v) is 18.2. The molecule has 0 aliphatic carbocycles. The number of carbonyl (C=O) groups excluding carboxylic acids is 3. The van der Waals surface area contributed by atoms with Gasteiger partial charge in [0.1, 0.15) is 23.4 Å². The van der Waals surface area contributed by atoms with E-state index in [1.54, 1.807) is 19.1 Å². The third-order valence-corrected chi connectivity index (χ3v) is 5.64. The second-order valence-corrected chi connectivity index (χ2v) is 7.96. The van der Waals surface area contributed by atoms with Gasteiger partial charge < -0.3 is 19.5 Å². The summed E-state index contributed by atoms with van der Waals surface area (Å²) in [4.78, 5) is 39.4. The topological polar surface area (TPSA) is 94.2 Å². The van der Waals surface area contributed by atoms with Crippen molar-refractivity contribution in [1.82, 2.24) is 5.32 Å². The van der Waals surface area contributed by atoms with Crippen molar-refractivity contribution in [3.8, 4) is 11.5 Å². The number of ketones is 1. The number of anilines is 1. The number of carbonyl (C=O) groups is 3. The number of amides is 2. The standard InChI is InChI=1S/C24H25FN2O6/c1-15(24(30)26-12-19-3-2-10-31-19)27-20-11-16(4-9-22(20)33-14-23(27)29)21(28)13-32-18-7-5-17(25)6-8-18/h4-9,11,15,19H,2-3,10,12-14H2,1H3,(H,26,30)/t15-,19-/m0/s1. The minimum absolute atomic E-state index is 0.0147. The lowest BCUT2D eigenvalue weighted by Gasteiger charge is -2.33. The molecular formula is C24H25FN2O6. The van der Waals surface area contributed by atoms with Gasteiger partial charge in [-0.25, -0.2) is 4.39 Å². The van der Waals surface area contributed by atoms with E-state index in [1.165, 1.54) is 35.2 Å². The molecule has 0 bridgehead atoms. The van der Waals surface area contributed by atoms with E-state index in [4.69, 9.17) is 14.2 Å².